The van der Waals surface area contributed by atoms with Gasteiger partial charge in [0.1, 0.15) is 60.3 Å². The van der Waals surface area contributed by atoms with Crippen molar-refractivity contribution in [1.29, 1.82) is 0 Å². The van der Waals surface area contributed by atoms with E-state index < -0.39 is 71.7 Å². The van der Waals surface area contributed by atoms with E-state index in [1.807, 2.05) is 55.5 Å². The van der Waals surface area contributed by atoms with Crippen LogP contribution in [0, 0.1) is 17.6 Å². The maximum Gasteiger partial charge on any atom is 0.350 e. The van der Waals surface area contributed by atoms with Gasteiger partial charge in [0, 0.05) is 55.1 Å². The number of nitrogens with zero attached hydrogens (tertiary/aromatic N) is 8. The number of hydrogen-bond donors (Lipinski definition) is 4. The minimum Gasteiger partial charge on any atom is -0.493 e. The van der Waals surface area contributed by atoms with E-state index in [-0.39, 0.29) is 18.0 Å². The molecule has 9 atom stereocenters. The molecule has 3 aliphatic rings. The van der Waals surface area contributed by atoms with Gasteiger partial charge in [-0.15, -0.1) is 0 Å². The fraction of sp³-hybridized carbons (Fsp3) is 0.465. The summed E-state index contributed by atoms with van der Waals surface area (Å²) in [7, 11) is 0. The van der Waals surface area contributed by atoms with Crippen molar-refractivity contribution in [3.63, 3.8) is 0 Å². The maximum absolute atomic E-state index is 15.0. The van der Waals surface area contributed by atoms with E-state index in [0.717, 1.165) is 43.6 Å². The molecule has 8 rings (SSSR count). The standard InChI is InChI=1S/C43H50F2N8O10/c1-3-35(26(2)62-41-38(56)36(54)37(55)39(63-41)40(57)58)53-42(59)52(25-48-53)31-7-5-29(6-8-31)49-14-16-50(17-15-49)30-9-11-32(12-10-30)60-20-27-19-43(61-21-27,22-51-24-46-23-47-51)33-13-4-28(44)18-34(33)45/h4-13,18,23-27,35-39,41,54-56H,3,14-17,19-22H2,1-2H3,(H,57,58). The largest absolute Gasteiger partial charge is 0.493 e. The number of aliphatic carboxylic acids is 1. The first-order valence-corrected chi connectivity index (χ1v) is 20.8. The number of anilines is 2. The molecule has 63 heavy (non-hydrogen) atoms. The van der Waals surface area contributed by atoms with Gasteiger partial charge in [0.25, 0.3) is 0 Å². The molecule has 0 spiro atoms. The van der Waals surface area contributed by atoms with Crippen LogP contribution in [0.5, 0.6) is 5.75 Å². The van der Waals surface area contributed by atoms with Crippen LogP contribution < -0.4 is 20.2 Å². The van der Waals surface area contributed by atoms with Crippen molar-refractivity contribution in [2.75, 3.05) is 49.2 Å². The summed E-state index contributed by atoms with van der Waals surface area (Å²) in [5, 5.41) is 48.5. The zero-order valence-electron chi connectivity index (χ0n) is 34.6. The fourth-order valence-electron chi connectivity index (χ4n) is 8.69. The Kier molecular flexibility index (Phi) is 12.9. The summed E-state index contributed by atoms with van der Waals surface area (Å²) in [6.07, 6.45) is -4.42. The Bertz CT molecular complexity index is 2380. The molecule has 0 radical (unpaired) electrons. The number of benzene rings is 3. The van der Waals surface area contributed by atoms with Gasteiger partial charge in [0.2, 0.25) is 0 Å². The lowest BCUT2D eigenvalue weighted by Gasteiger charge is -2.40. The highest BCUT2D eigenvalue weighted by Crippen LogP contribution is 2.42. The fourth-order valence-corrected chi connectivity index (χ4v) is 8.69. The SMILES string of the molecule is CCC(C(C)OC1OC(C(=O)O)C(O)C(O)C1O)n1ncn(-c2ccc(N3CCN(c4ccc(OCC5COC(Cn6cncn6)(c6ccc(F)cc6F)C5)cc4)CC3)cc2)c1=O. The van der Waals surface area contributed by atoms with Crippen LogP contribution in [0.15, 0.2) is 90.5 Å². The third-order valence-corrected chi connectivity index (χ3v) is 12.1. The second-order valence-corrected chi connectivity index (χ2v) is 16.2. The van der Waals surface area contributed by atoms with Crippen LogP contribution in [0.4, 0.5) is 20.2 Å². The Morgan fingerprint density at radius 2 is 1.57 bits per heavy atom. The van der Waals surface area contributed by atoms with Gasteiger partial charge in [-0.2, -0.15) is 10.2 Å². The molecule has 3 saturated heterocycles. The highest BCUT2D eigenvalue weighted by molar-refractivity contribution is 5.73. The third-order valence-electron chi connectivity index (χ3n) is 12.1. The lowest BCUT2D eigenvalue weighted by atomic mass is 9.87. The lowest BCUT2D eigenvalue weighted by molar-refractivity contribution is -0.306. The summed E-state index contributed by atoms with van der Waals surface area (Å²) >= 11 is 0. The van der Waals surface area contributed by atoms with Gasteiger partial charge in [-0.1, -0.05) is 13.0 Å². The van der Waals surface area contributed by atoms with Crippen molar-refractivity contribution >= 4 is 17.3 Å². The number of hydrogen-bond acceptors (Lipinski definition) is 14. The Hall–Kier alpha value is -5.77. The van der Waals surface area contributed by atoms with E-state index in [2.05, 4.69) is 25.0 Å². The number of aromatic nitrogens is 6. The highest BCUT2D eigenvalue weighted by atomic mass is 19.1. The molecule has 336 valence electrons. The predicted molar refractivity (Wildman–Crippen MR) is 220 cm³/mol. The second kappa shape index (κ2) is 18.5. The van der Waals surface area contributed by atoms with E-state index in [1.54, 1.807) is 11.6 Å². The van der Waals surface area contributed by atoms with Crippen LogP contribution in [0.3, 0.4) is 0 Å². The Balaban J connectivity index is 0.832. The van der Waals surface area contributed by atoms with Crippen molar-refractivity contribution < 1.29 is 52.9 Å². The van der Waals surface area contributed by atoms with Crippen LogP contribution in [0.1, 0.15) is 38.3 Å². The van der Waals surface area contributed by atoms with Crippen LogP contribution in [0.2, 0.25) is 0 Å². The molecule has 0 saturated carbocycles. The van der Waals surface area contributed by atoms with Gasteiger partial charge in [-0.05, 0) is 74.4 Å². The molecule has 4 N–H and O–H groups in total. The maximum atomic E-state index is 15.0. The molecule has 5 aromatic rings. The van der Waals surface area contributed by atoms with E-state index in [4.69, 9.17) is 18.9 Å². The minimum atomic E-state index is -1.85. The van der Waals surface area contributed by atoms with Crippen molar-refractivity contribution in [2.24, 2.45) is 5.92 Å². The van der Waals surface area contributed by atoms with Crippen molar-refractivity contribution in [2.45, 2.75) is 81.7 Å². The molecule has 9 unspecified atom stereocenters. The smallest absolute Gasteiger partial charge is 0.350 e. The zero-order chi connectivity index (χ0) is 44.4. The summed E-state index contributed by atoms with van der Waals surface area (Å²) in [4.78, 5) is 33.7. The first kappa shape index (κ1) is 43.9. The summed E-state index contributed by atoms with van der Waals surface area (Å²) in [5.41, 5.74) is 1.44. The number of aliphatic hydroxyl groups excluding tert-OH is 3. The Labute approximate surface area is 360 Å². The molecule has 5 heterocycles. The van der Waals surface area contributed by atoms with Crippen LogP contribution in [-0.4, -0.2) is 132 Å². The van der Waals surface area contributed by atoms with Gasteiger partial charge in [-0.25, -0.2) is 37.3 Å². The summed E-state index contributed by atoms with van der Waals surface area (Å²) < 4.78 is 56.6. The van der Waals surface area contributed by atoms with Gasteiger partial charge < -0.3 is 49.2 Å². The molecule has 3 aliphatic heterocycles. The summed E-state index contributed by atoms with van der Waals surface area (Å²) in [6, 6.07) is 18.4. The number of piperazine rings is 1. The second-order valence-electron chi connectivity index (χ2n) is 16.2. The zero-order valence-corrected chi connectivity index (χ0v) is 34.6. The Morgan fingerprint density at radius 1 is 0.905 bits per heavy atom. The molecule has 0 amide bonds. The molecular weight excluding hydrogens is 827 g/mol. The highest BCUT2D eigenvalue weighted by Gasteiger charge is 2.48. The molecular formula is C43H50F2N8O10. The molecule has 18 nitrogen and oxygen atoms in total. The summed E-state index contributed by atoms with van der Waals surface area (Å²) in [5.74, 6) is -2.20. The van der Waals surface area contributed by atoms with Gasteiger partial charge in [-0.3, -0.25) is 0 Å². The predicted octanol–water partition coefficient (Wildman–Crippen LogP) is 2.49. The van der Waals surface area contributed by atoms with Crippen LogP contribution in [0.25, 0.3) is 5.69 Å². The normalized spacial score (nSPS) is 26.1. The van der Waals surface area contributed by atoms with E-state index in [9.17, 15) is 34.4 Å². The first-order valence-electron chi connectivity index (χ1n) is 20.8. The molecule has 20 heteroatoms. The van der Waals surface area contributed by atoms with Crippen molar-refractivity contribution in [3.8, 4) is 11.4 Å². The quantitative estimate of drug-likeness (QED) is 0.119. The number of carboxylic acids is 1. The number of carbonyl (C=O) groups is 1. The summed E-state index contributed by atoms with van der Waals surface area (Å²) in [6.45, 7) is 7.42. The number of carboxylic acid groups (broad SMARTS) is 1. The molecule has 2 aromatic heterocycles. The number of ether oxygens (including phenoxy) is 4. The van der Waals surface area contributed by atoms with E-state index in [0.29, 0.717) is 37.5 Å². The first-order chi connectivity index (χ1) is 30.3. The number of aliphatic hydroxyl groups is 3. The lowest BCUT2D eigenvalue weighted by Crippen LogP contribution is -2.61. The number of halogens is 2. The van der Waals surface area contributed by atoms with Crippen molar-refractivity contribution in [1.82, 2.24) is 29.1 Å². The topological polar surface area (TPSA) is 212 Å². The average Bonchev–Trinajstić information content (AvgIpc) is 4.05. The molecule has 3 fully saturated rings. The van der Waals surface area contributed by atoms with Gasteiger partial charge in [0.05, 0.1) is 37.6 Å². The van der Waals surface area contributed by atoms with Crippen molar-refractivity contribution in [3.05, 3.63) is 113 Å². The van der Waals surface area contributed by atoms with E-state index >= 15 is 4.39 Å². The van der Waals surface area contributed by atoms with Crippen LogP contribution in [-0.2, 0) is 31.2 Å². The molecule has 0 aliphatic carbocycles. The third kappa shape index (κ3) is 9.18. The molecule has 0 bridgehead atoms. The van der Waals surface area contributed by atoms with Gasteiger partial charge in [0.15, 0.2) is 12.4 Å². The number of rotatable bonds is 15. The minimum absolute atomic E-state index is 0.0488. The Morgan fingerprint density at radius 3 is 2.19 bits per heavy atom. The van der Waals surface area contributed by atoms with Gasteiger partial charge >= 0.3 is 11.7 Å². The molecule has 3 aromatic carbocycles. The van der Waals surface area contributed by atoms with Crippen LogP contribution >= 0.6 is 0 Å². The average molecular weight is 877 g/mol. The monoisotopic (exact) mass is 876 g/mol. The van der Waals surface area contributed by atoms with E-state index in [1.165, 1.54) is 40.4 Å².